The fourth-order valence-electron chi connectivity index (χ4n) is 2.81. The summed E-state index contributed by atoms with van der Waals surface area (Å²) in [5.74, 6) is 0.492. The van der Waals surface area contributed by atoms with Gasteiger partial charge >= 0.3 is 5.97 Å². The second kappa shape index (κ2) is 11.4. The largest absolute Gasteiger partial charge is 0.494 e. The van der Waals surface area contributed by atoms with Gasteiger partial charge in [-0.2, -0.15) is 0 Å². The van der Waals surface area contributed by atoms with Crippen LogP contribution in [0.1, 0.15) is 38.2 Å². The maximum atomic E-state index is 11.3. The van der Waals surface area contributed by atoms with Crippen LogP contribution in [-0.4, -0.2) is 24.2 Å². The molecule has 3 aromatic rings. The predicted molar refractivity (Wildman–Crippen MR) is 125 cm³/mol. The summed E-state index contributed by atoms with van der Waals surface area (Å²) in [6.07, 6.45) is 3.83. The lowest BCUT2D eigenvalue weighted by atomic mass is 10.2. The summed E-state index contributed by atoms with van der Waals surface area (Å²) in [5.41, 5.74) is 3.35. The molecule has 7 heteroatoms. The summed E-state index contributed by atoms with van der Waals surface area (Å²) in [4.78, 5) is 15.7. The monoisotopic (exact) mass is 437 g/mol. The molecule has 0 saturated carbocycles. The van der Waals surface area contributed by atoms with Crippen LogP contribution in [0, 0.1) is 6.92 Å². The minimum atomic E-state index is -0.318. The van der Waals surface area contributed by atoms with Crippen LogP contribution in [0.25, 0.3) is 10.2 Å². The molecule has 0 N–H and O–H groups in total. The van der Waals surface area contributed by atoms with Crippen molar-refractivity contribution in [1.82, 2.24) is 4.98 Å². The highest BCUT2D eigenvalue weighted by Crippen LogP contribution is 2.30. The van der Waals surface area contributed by atoms with Crippen molar-refractivity contribution in [2.75, 3.05) is 13.2 Å². The number of carbonyl (C=O) groups is 1. The predicted octanol–water partition coefficient (Wildman–Crippen LogP) is 7.08. The lowest BCUT2D eigenvalue weighted by Gasteiger charge is -2.06. The average Bonchev–Trinajstić information content (AvgIpc) is 3.16. The van der Waals surface area contributed by atoms with Crippen LogP contribution in [-0.2, 0) is 9.53 Å². The second-order valence-electron chi connectivity index (χ2n) is 7.34. The number of fused-ring (bicyclic) bond motifs is 1. The number of hydrogen-bond acceptors (Lipinski definition) is 7. The van der Waals surface area contributed by atoms with Crippen molar-refractivity contribution in [1.29, 1.82) is 0 Å². The number of thiazole rings is 1. The molecule has 0 spiro atoms. The summed E-state index contributed by atoms with van der Waals surface area (Å²) in [5, 5.41) is 9.18. The molecule has 0 fully saturated rings. The number of ether oxygens (including phenoxy) is 2. The van der Waals surface area contributed by atoms with Gasteiger partial charge in [-0.3, -0.25) is 0 Å². The Morgan fingerprint density at radius 2 is 1.77 bits per heavy atom. The van der Waals surface area contributed by atoms with E-state index in [4.69, 9.17) is 9.47 Å². The van der Waals surface area contributed by atoms with E-state index >= 15 is 0 Å². The van der Waals surface area contributed by atoms with Crippen molar-refractivity contribution < 1.29 is 14.3 Å². The van der Waals surface area contributed by atoms with Crippen LogP contribution in [0.2, 0.25) is 0 Å². The third-order valence-electron chi connectivity index (χ3n) is 4.51. The molecule has 0 aliphatic rings. The van der Waals surface area contributed by atoms with E-state index in [0.717, 1.165) is 47.3 Å². The number of rotatable bonds is 11. The molecule has 0 radical (unpaired) electrons. The number of aryl methyl sites for hydroxylation is 1. The van der Waals surface area contributed by atoms with E-state index in [9.17, 15) is 4.79 Å². The number of benzene rings is 2. The Morgan fingerprint density at radius 3 is 2.52 bits per heavy atom. The average molecular weight is 438 g/mol. The van der Waals surface area contributed by atoms with Crippen molar-refractivity contribution in [2.24, 2.45) is 10.2 Å². The van der Waals surface area contributed by atoms with E-state index in [1.807, 2.05) is 36.4 Å². The molecular formula is C24H27N3O3S. The molecule has 31 heavy (non-hydrogen) atoms. The van der Waals surface area contributed by atoms with E-state index in [0.29, 0.717) is 23.9 Å². The van der Waals surface area contributed by atoms with Gasteiger partial charge in [-0.1, -0.05) is 24.0 Å². The molecule has 3 rings (SSSR count). The van der Waals surface area contributed by atoms with Crippen LogP contribution >= 0.6 is 11.3 Å². The normalized spacial score (nSPS) is 11.2. The first-order valence-corrected chi connectivity index (χ1v) is 11.2. The number of hydrogen-bond donors (Lipinski definition) is 0. The molecule has 6 nitrogen and oxygen atoms in total. The van der Waals surface area contributed by atoms with Crippen LogP contribution in [0.4, 0.5) is 10.8 Å². The molecule has 0 aliphatic carbocycles. The molecular weight excluding hydrogens is 410 g/mol. The van der Waals surface area contributed by atoms with Crippen LogP contribution < -0.4 is 4.74 Å². The topological polar surface area (TPSA) is 73.1 Å². The van der Waals surface area contributed by atoms with E-state index < -0.39 is 0 Å². The summed E-state index contributed by atoms with van der Waals surface area (Å²) < 4.78 is 12.0. The maximum Gasteiger partial charge on any atom is 0.333 e. The first kappa shape index (κ1) is 22.6. The highest BCUT2D eigenvalue weighted by Gasteiger charge is 2.04. The Morgan fingerprint density at radius 1 is 1.03 bits per heavy atom. The Hall–Kier alpha value is -3.06. The van der Waals surface area contributed by atoms with Crippen molar-refractivity contribution >= 4 is 38.3 Å². The Labute approximate surface area is 186 Å². The van der Waals surface area contributed by atoms with Gasteiger partial charge in [0.05, 0.1) is 29.1 Å². The molecule has 1 aromatic heterocycles. The van der Waals surface area contributed by atoms with Gasteiger partial charge in [-0.25, -0.2) is 9.78 Å². The van der Waals surface area contributed by atoms with Gasteiger partial charge in [0, 0.05) is 5.57 Å². The van der Waals surface area contributed by atoms with Crippen molar-refractivity contribution in [3.05, 3.63) is 60.2 Å². The number of carbonyl (C=O) groups excluding carboxylic acids is 1. The number of unbranched alkanes of at least 4 members (excludes halogenated alkanes) is 3. The Balaban J connectivity index is 1.35. The first-order valence-electron chi connectivity index (χ1n) is 10.4. The minimum absolute atomic E-state index is 0.318. The molecule has 2 aromatic carbocycles. The quantitative estimate of drug-likeness (QED) is 0.139. The lowest BCUT2D eigenvalue weighted by Crippen LogP contribution is -2.06. The smallest absolute Gasteiger partial charge is 0.333 e. The summed E-state index contributed by atoms with van der Waals surface area (Å²) in [7, 11) is 0. The highest BCUT2D eigenvalue weighted by atomic mass is 32.1. The second-order valence-corrected chi connectivity index (χ2v) is 8.35. The first-order chi connectivity index (χ1) is 15.0. The van der Waals surface area contributed by atoms with Gasteiger partial charge in [0.2, 0.25) is 5.13 Å². The molecule has 0 saturated heterocycles. The molecule has 162 valence electrons. The Bertz CT molecular complexity index is 1060. The highest BCUT2D eigenvalue weighted by molar-refractivity contribution is 7.21. The molecule has 0 aliphatic heterocycles. The van der Waals surface area contributed by atoms with Gasteiger partial charge in [0.1, 0.15) is 5.75 Å². The van der Waals surface area contributed by atoms with E-state index in [1.54, 1.807) is 6.92 Å². The zero-order valence-electron chi connectivity index (χ0n) is 18.0. The van der Waals surface area contributed by atoms with Crippen molar-refractivity contribution in [3.63, 3.8) is 0 Å². The summed E-state index contributed by atoms with van der Waals surface area (Å²) in [6, 6.07) is 13.7. The fraction of sp³-hybridized carbons (Fsp3) is 0.333. The van der Waals surface area contributed by atoms with E-state index in [-0.39, 0.29) is 5.97 Å². The van der Waals surface area contributed by atoms with Gasteiger partial charge in [-0.05, 0) is 81.5 Å². The SMILES string of the molecule is C=C(C)C(=O)OCCCCCCOc1ccc(N=Nc2nc3ccc(C)cc3s2)cc1. The fourth-order valence-corrected chi connectivity index (χ4v) is 3.69. The standard InChI is InChI=1S/C24H27N3O3S/c1-17(2)23(28)30-15-7-5-4-6-14-29-20-11-9-19(10-12-20)26-27-24-25-21-13-8-18(3)16-22(21)31-24/h8-13,16H,1,4-7,14-15H2,2-3H3. The minimum Gasteiger partial charge on any atom is -0.494 e. The number of nitrogens with zero attached hydrogens (tertiary/aromatic N) is 3. The molecule has 1 heterocycles. The maximum absolute atomic E-state index is 11.3. The third-order valence-corrected chi connectivity index (χ3v) is 5.41. The van der Waals surface area contributed by atoms with E-state index in [2.05, 4.69) is 34.8 Å². The summed E-state index contributed by atoms with van der Waals surface area (Å²) in [6.45, 7) is 8.37. The van der Waals surface area contributed by atoms with Crippen LogP contribution in [0.3, 0.4) is 0 Å². The zero-order chi connectivity index (χ0) is 22.1. The third kappa shape index (κ3) is 7.29. The van der Waals surface area contributed by atoms with Gasteiger partial charge in [0.15, 0.2) is 0 Å². The lowest BCUT2D eigenvalue weighted by molar-refractivity contribution is -0.139. The molecule has 0 unspecified atom stereocenters. The molecule has 0 amide bonds. The zero-order valence-corrected chi connectivity index (χ0v) is 18.8. The van der Waals surface area contributed by atoms with Crippen LogP contribution in [0.5, 0.6) is 5.75 Å². The van der Waals surface area contributed by atoms with Crippen molar-refractivity contribution in [2.45, 2.75) is 39.5 Å². The number of esters is 1. The van der Waals surface area contributed by atoms with Crippen LogP contribution in [0.15, 0.2) is 64.8 Å². The Kier molecular flexibility index (Phi) is 8.29. The molecule has 0 bridgehead atoms. The van der Waals surface area contributed by atoms with Gasteiger partial charge in [-0.15, -0.1) is 10.2 Å². The summed E-state index contributed by atoms with van der Waals surface area (Å²) >= 11 is 1.53. The van der Waals surface area contributed by atoms with Gasteiger partial charge in [0.25, 0.3) is 0 Å². The van der Waals surface area contributed by atoms with E-state index in [1.165, 1.54) is 16.9 Å². The number of azo groups is 1. The molecule has 0 atom stereocenters. The number of aromatic nitrogens is 1. The van der Waals surface area contributed by atoms with Crippen molar-refractivity contribution in [3.8, 4) is 5.75 Å². The van der Waals surface area contributed by atoms with Gasteiger partial charge < -0.3 is 9.47 Å².